The van der Waals surface area contributed by atoms with Crippen LogP contribution in [0.3, 0.4) is 0 Å². The molecule has 1 aromatic rings. The summed E-state index contributed by atoms with van der Waals surface area (Å²) in [6.45, 7) is 8.79. The number of piperazine rings is 1. The van der Waals surface area contributed by atoms with Crippen molar-refractivity contribution in [3.05, 3.63) is 35.9 Å². The van der Waals surface area contributed by atoms with E-state index in [1.807, 2.05) is 12.1 Å². The number of ether oxygens (including phenoxy) is 2. The van der Waals surface area contributed by atoms with Crippen LogP contribution in [0.25, 0.3) is 0 Å². The molecule has 6 heteroatoms. The van der Waals surface area contributed by atoms with Crippen LogP contribution in [0.4, 0.5) is 5.69 Å². The number of rotatable bonds is 4. The molecule has 0 unspecified atom stereocenters. The van der Waals surface area contributed by atoms with Gasteiger partial charge in [0.05, 0.1) is 19.1 Å². The van der Waals surface area contributed by atoms with Crippen molar-refractivity contribution >= 4 is 11.7 Å². The van der Waals surface area contributed by atoms with Gasteiger partial charge in [0.15, 0.2) is 0 Å². The van der Waals surface area contributed by atoms with Crippen molar-refractivity contribution in [3.63, 3.8) is 0 Å². The van der Waals surface area contributed by atoms with Crippen molar-refractivity contribution in [2.24, 2.45) is 23.2 Å². The van der Waals surface area contributed by atoms with Crippen molar-refractivity contribution in [2.45, 2.75) is 45.3 Å². The van der Waals surface area contributed by atoms with E-state index in [9.17, 15) is 9.90 Å². The molecule has 5 rings (SSSR count). The summed E-state index contributed by atoms with van der Waals surface area (Å²) in [5, 5.41) is 11.5. The first-order valence-electron chi connectivity index (χ1n) is 12.1. The van der Waals surface area contributed by atoms with Crippen LogP contribution in [0.15, 0.2) is 35.9 Å². The molecule has 174 valence electrons. The summed E-state index contributed by atoms with van der Waals surface area (Å²) >= 11 is 0. The van der Waals surface area contributed by atoms with Gasteiger partial charge < -0.3 is 19.5 Å². The van der Waals surface area contributed by atoms with Gasteiger partial charge in [-0.2, -0.15) is 0 Å². The lowest BCUT2D eigenvalue weighted by Gasteiger charge is -2.52. The average molecular weight is 441 g/mol. The van der Waals surface area contributed by atoms with Crippen LogP contribution < -0.4 is 9.64 Å². The van der Waals surface area contributed by atoms with Gasteiger partial charge in [0.1, 0.15) is 11.9 Å². The highest BCUT2D eigenvalue weighted by atomic mass is 16.6. The third-order valence-electron chi connectivity index (χ3n) is 8.84. The van der Waals surface area contributed by atoms with Gasteiger partial charge in [-0.15, -0.1) is 0 Å². The number of fused-ring (bicyclic) bond motifs is 2. The Morgan fingerprint density at radius 3 is 2.59 bits per heavy atom. The van der Waals surface area contributed by atoms with Crippen LogP contribution in [-0.4, -0.2) is 68.0 Å². The molecule has 6 nitrogen and oxygen atoms in total. The maximum atomic E-state index is 12.9. The number of hydrogen-bond acceptors (Lipinski definition) is 6. The van der Waals surface area contributed by atoms with Crippen LogP contribution in [0.2, 0.25) is 0 Å². The molecule has 0 spiro atoms. The number of aliphatic hydroxyl groups is 1. The Balaban J connectivity index is 1.25. The van der Waals surface area contributed by atoms with E-state index in [-0.39, 0.29) is 29.3 Å². The maximum absolute atomic E-state index is 12.9. The molecule has 4 aliphatic rings. The molecule has 2 saturated heterocycles. The fraction of sp³-hybridized carbons (Fsp3) is 0.654. The number of benzene rings is 1. The summed E-state index contributed by atoms with van der Waals surface area (Å²) < 4.78 is 11.1. The first kappa shape index (κ1) is 21.8. The quantitative estimate of drug-likeness (QED) is 0.574. The second-order valence-electron chi connectivity index (χ2n) is 10.3. The minimum atomic E-state index is -0.528. The summed E-state index contributed by atoms with van der Waals surface area (Å²) in [5.74, 6) is 0.821. The maximum Gasteiger partial charge on any atom is 0.311 e. The fourth-order valence-electron chi connectivity index (χ4n) is 6.53. The number of carbonyl (C=O) groups excluding carboxylic acids is 1. The van der Waals surface area contributed by atoms with Crippen LogP contribution >= 0.6 is 0 Å². The Morgan fingerprint density at radius 2 is 1.91 bits per heavy atom. The summed E-state index contributed by atoms with van der Waals surface area (Å²) in [4.78, 5) is 17.6. The first-order chi connectivity index (χ1) is 15.4. The first-order valence-corrected chi connectivity index (χ1v) is 12.1. The van der Waals surface area contributed by atoms with Crippen molar-refractivity contribution in [2.75, 3.05) is 44.7 Å². The van der Waals surface area contributed by atoms with Crippen molar-refractivity contribution in [1.29, 1.82) is 0 Å². The second-order valence-corrected chi connectivity index (χ2v) is 10.3. The molecule has 2 aliphatic heterocycles. The van der Waals surface area contributed by atoms with E-state index >= 15 is 0 Å². The molecular weight excluding hydrogens is 404 g/mol. The molecule has 1 saturated carbocycles. The van der Waals surface area contributed by atoms with Gasteiger partial charge in [0, 0.05) is 56.2 Å². The highest BCUT2D eigenvalue weighted by Gasteiger charge is 2.59. The Labute approximate surface area is 191 Å². The Morgan fingerprint density at radius 1 is 1.19 bits per heavy atom. The lowest BCUT2D eigenvalue weighted by molar-refractivity contribution is -0.145. The number of anilines is 1. The number of carbonyl (C=O) groups is 1. The van der Waals surface area contributed by atoms with Crippen LogP contribution in [0.1, 0.15) is 33.1 Å². The van der Waals surface area contributed by atoms with Crippen molar-refractivity contribution in [1.82, 2.24) is 4.90 Å². The number of methoxy groups -OCH3 is 1. The topological polar surface area (TPSA) is 62.2 Å². The zero-order valence-corrected chi connectivity index (χ0v) is 19.5. The van der Waals surface area contributed by atoms with Crippen LogP contribution in [0, 0.1) is 23.2 Å². The van der Waals surface area contributed by atoms with E-state index in [1.165, 1.54) is 11.3 Å². The minimum Gasteiger partial charge on any atom is -0.497 e. The molecule has 0 radical (unpaired) electrons. The summed E-state index contributed by atoms with van der Waals surface area (Å²) in [5.41, 5.74) is 2.26. The van der Waals surface area contributed by atoms with E-state index in [1.54, 1.807) is 7.11 Å². The SMILES string of the molecule is COc1ccc(N2CCN(C[C@H]3C(=O)O[C@@H]4CC5=CCC[C@@H](C)[C@@]5(C)[C@@H](O)[C@@H]43)CC2)cc1. The number of aliphatic hydroxyl groups excluding tert-OH is 1. The summed E-state index contributed by atoms with van der Waals surface area (Å²) in [6, 6.07) is 8.19. The third kappa shape index (κ3) is 3.52. The van der Waals surface area contributed by atoms with Crippen molar-refractivity contribution < 1.29 is 19.4 Å². The Bertz CT molecular complexity index is 876. The molecule has 0 amide bonds. The normalized spacial score (nSPS) is 37.4. The third-order valence-corrected chi connectivity index (χ3v) is 8.84. The standard InChI is InChI=1S/C26H36N2O4/c1-17-5-4-6-18-15-22-23(24(29)26(17,18)2)21(25(30)32-22)16-27-11-13-28(14-12-27)19-7-9-20(31-3)10-8-19/h6-10,17,21-24,29H,4-5,11-16H2,1-3H3/t17-,21-,22-,23-,24+,26-/m1/s1. The fourth-order valence-corrected chi connectivity index (χ4v) is 6.53. The number of allylic oxidation sites excluding steroid dienone is 1. The second kappa shape index (κ2) is 8.38. The van der Waals surface area contributed by atoms with Gasteiger partial charge >= 0.3 is 5.97 Å². The molecule has 6 atom stereocenters. The molecular formula is C26H36N2O4. The molecule has 3 fully saturated rings. The minimum absolute atomic E-state index is 0.107. The lowest BCUT2D eigenvalue weighted by Crippen LogP contribution is -2.55. The predicted molar refractivity (Wildman–Crippen MR) is 124 cm³/mol. The van der Waals surface area contributed by atoms with E-state index in [0.717, 1.165) is 51.2 Å². The summed E-state index contributed by atoms with van der Waals surface area (Å²) in [6.07, 6.45) is 4.54. The van der Waals surface area contributed by atoms with E-state index in [0.29, 0.717) is 12.5 Å². The lowest BCUT2D eigenvalue weighted by atomic mass is 9.55. The molecule has 0 bridgehead atoms. The zero-order valence-electron chi connectivity index (χ0n) is 19.5. The predicted octanol–water partition coefficient (Wildman–Crippen LogP) is 3.10. The average Bonchev–Trinajstić information content (AvgIpc) is 3.11. The Kier molecular flexibility index (Phi) is 5.70. The highest BCUT2D eigenvalue weighted by molar-refractivity contribution is 5.76. The van der Waals surface area contributed by atoms with Gasteiger partial charge in [-0.1, -0.05) is 25.5 Å². The number of hydrogen-bond donors (Lipinski definition) is 1. The largest absolute Gasteiger partial charge is 0.497 e. The highest BCUT2D eigenvalue weighted by Crippen LogP contribution is 2.56. The Hall–Kier alpha value is -2.05. The summed E-state index contributed by atoms with van der Waals surface area (Å²) in [7, 11) is 1.68. The molecule has 0 aromatic heterocycles. The van der Waals surface area contributed by atoms with Crippen LogP contribution in [0.5, 0.6) is 5.75 Å². The van der Waals surface area contributed by atoms with E-state index < -0.39 is 6.10 Å². The van der Waals surface area contributed by atoms with Gasteiger partial charge in [-0.25, -0.2) is 0 Å². The van der Waals surface area contributed by atoms with Crippen LogP contribution in [-0.2, 0) is 9.53 Å². The molecule has 2 heterocycles. The van der Waals surface area contributed by atoms with Gasteiger partial charge in [-0.05, 0) is 43.0 Å². The zero-order chi connectivity index (χ0) is 22.5. The van der Waals surface area contributed by atoms with E-state index in [2.05, 4.69) is 41.9 Å². The molecule has 32 heavy (non-hydrogen) atoms. The smallest absolute Gasteiger partial charge is 0.311 e. The molecule has 1 N–H and O–H groups in total. The molecule has 1 aromatic carbocycles. The number of nitrogens with zero attached hydrogens (tertiary/aromatic N) is 2. The van der Waals surface area contributed by atoms with Gasteiger partial charge in [0.25, 0.3) is 0 Å². The monoisotopic (exact) mass is 440 g/mol. The number of esters is 1. The van der Waals surface area contributed by atoms with Gasteiger partial charge in [0.2, 0.25) is 0 Å². The van der Waals surface area contributed by atoms with Crippen molar-refractivity contribution in [3.8, 4) is 5.75 Å². The van der Waals surface area contributed by atoms with Gasteiger partial charge in [-0.3, -0.25) is 9.69 Å². The molecule has 2 aliphatic carbocycles. The van der Waals surface area contributed by atoms with E-state index in [4.69, 9.17) is 9.47 Å².